The first-order valence-electron chi connectivity index (χ1n) is 9.96. The van der Waals surface area contributed by atoms with Crippen molar-refractivity contribution in [1.82, 2.24) is 4.90 Å². The van der Waals surface area contributed by atoms with E-state index in [0.29, 0.717) is 11.3 Å². The van der Waals surface area contributed by atoms with Gasteiger partial charge in [-0.25, -0.2) is 4.39 Å². The zero-order valence-corrected chi connectivity index (χ0v) is 19.8. The molecule has 0 bridgehead atoms. The smallest absolute Gasteiger partial charge is 0.293 e. The quantitative estimate of drug-likeness (QED) is 0.197. The van der Waals surface area contributed by atoms with Crippen LogP contribution in [0.1, 0.15) is 16.7 Å². The number of carbonyl (C=O) groups is 2. The van der Waals surface area contributed by atoms with Crippen molar-refractivity contribution >= 4 is 50.6 Å². The Hall–Kier alpha value is -3.50. The third kappa shape index (κ3) is 5.35. The topological polar surface area (TPSA) is 89.8 Å². The molecule has 3 aromatic carbocycles. The Morgan fingerprint density at radius 3 is 2.56 bits per heavy atom. The van der Waals surface area contributed by atoms with E-state index in [4.69, 9.17) is 4.74 Å². The average Bonchev–Trinajstić information content (AvgIpc) is 3.07. The lowest BCUT2D eigenvalue weighted by Gasteiger charge is -2.13. The molecule has 10 heteroatoms. The van der Waals surface area contributed by atoms with E-state index in [1.165, 1.54) is 30.3 Å². The third-order valence-electron chi connectivity index (χ3n) is 4.96. The van der Waals surface area contributed by atoms with E-state index < -0.39 is 16.1 Å². The number of para-hydroxylation sites is 1. The molecular formula is C24H16BrFN2O5S. The van der Waals surface area contributed by atoms with Crippen LogP contribution in [0, 0.1) is 15.9 Å². The average molecular weight is 543 g/mol. The molecule has 172 valence electrons. The lowest BCUT2D eigenvalue weighted by atomic mass is 10.1. The van der Waals surface area contributed by atoms with Crippen molar-refractivity contribution in [2.24, 2.45) is 0 Å². The Bertz CT molecular complexity index is 1310. The fraction of sp³-hybridized carbons (Fsp3) is 0.0833. The summed E-state index contributed by atoms with van der Waals surface area (Å²) in [6.45, 7) is -0.0204. The van der Waals surface area contributed by atoms with Crippen molar-refractivity contribution in [3.8, 4) is 5.75 Å². The Balaban J connectivity index is 1.56. The van der Waals surface area contributed by atoms with Gasteiger partial charge < -0.3 is 4.74 Å². The van der Waals surface area contributed by atoms with Crippen molar-refractivity contribution in [2.75, 3.05) is 0 Å². The first-order chi connectivity index (χ1) is 16.3. The first kappa shape index (κ1) is 23.7. The van der Waals surface area contributed by atoms with Crippen molar-refractivity contribution < 1.29 is 23.6 Å². The molecule has 0 unspecified atom stereocenters. The molecule has 0 spiro atoms. The summed E-state index contributed by atoms with van der Waals surface area (Å²) < 4.78 is 19.7. The van der Waals surface area contributed by atoms with E-state index in [0.717, 1.165) is 26.7 Å². The molecule has 0 N–H and O–H groups in total. The molecule has 1 aliphatic rings. The molecule has 34 heavy (non-hydrogen) atoms. The summed E-state index contributed by atoms with van der Waals surface area (Å²) >= 11 is 4.15. The van der Waals surface area contributed by atoms with Crippen LogP contribution in [0.3, 0.4) is 0 Å². The van der Waals surface area contributed by atoms with Gasteiger partial charge in [0.25, 0.3) is 16.8 Å². The number of halogens is 2. The standard InChI is InChI=1S/C24H16BrFN2O5S/c25-18-7-10-21(33-14-15-5-8-19(26)9-6-15)17(11-18)12-22-23(29)27(24(30)34-22)13-16-3-1-2-4-20(16)28(31)32/h1-12H,13-14H2/b22-12+. The van der Waals surface area contributed by atoms with Gasteiger partial charge in [-0.2, -0.15) is 0 Å². The normalized spacial score (nSPS) is 14.6. The van der Waals surface area contributed by atoms with Gasteiger partial charge in [0.05, 0.1) is 16.4 Å². The Kier molecular flexibility index (Phi) is 7.09. The number of nitro groups is 1. The number of carbonyl (C=O) groups excluding carboxylic acids is 2. The highest BCUT2D eigenvalue weighted by Crippen LogP contribution is 2.36. The maximum absolute atomic E-state index is 13.1. The van der Waals surface area contributed by atoms with Crippen LogP contribution in [0.15, 0.2) is 76.1 Å². The molecule has 3 aromatic rings. The Morgan fingerprint density at radius 2 is 1.82 bits per heavy atom. The lowest BCUT2D eigenvalue weighted by molar-refractivity contribution is -0.385. The van der Waals surface area contributed by atoms with Gasteiger partial charge in [-0.1, -0.05) is 46.3 Å². The van der Waals surface area contributed by atoms with Crippen LogP contribution < -0.4 is 4.74 Å². The van der Waals surface area contributed by atoms with E-state index in [1.54, 1.807) is 42.5 Å². The summed E-state index contributed by atoms with van der Waals surface area (Å²) in [6.07, 6.45) is 1.55. The monoisotopic (exact) mass is 542 g/mol. The lowest BCUT2D eigenvalue weighted by Crippen LogP contribution is -2.27. The highest BCUT2D eigenvalue weighted by atomic mass is 79.9. The number of nitrogens with zero attached hydrogens (tertiary/aromatic N) is 2. The summed E-state index contributed by atoms with van der Waals surface area (Å²) in [6, 6.07) is 17.1. The van der Waals surface area contributed by atoms with Gasteiger partial charge in [0.2, 0.25) is 0 Å². The molecule has 7 nitrogen and oxygen atoms in total. The van der Waals surface area contributed by atoms with Crippen molar-refractivity contribution in [2.45, 2.75) is 13.2 Å². The van der Waals surface area contributed by atoms with Gasteiger partial charge in [-0.15, -0.1) is 0 Å². The number of hydrogen-bond donors (Lipinski definition) is 0. The van der Waals surface area contributed by atoms with Crippen LogP contribution in [0.5, 0.6) is 5.75 Å². The minimum absolute atomic E-state index is 0.158. The van der Waals surface area contributed by atoms with E-state index in [1.807, 2.05) is 0 Å². The number of nitro benzene ring substituents is 1. The summed E-state index contributed by atoms with van der Waals surface area (Å²) in [7, 11) is 0. The number of benzene rings is 3. The zero-order chi connectivity index (χ0) is 24.2. The van der Waals surface area contributed by atoms with Gasteiger partial charge in [0, 0.05) is 21.7 Å². The molecule has 1 saturated heterocycles. The van der Waals surface area contributed by atoms with Crippen LogP contribution in [0.25, 0.3) is 6.08 Å². The SMILES string of the molecule is O=C1S/C(=C/c2cc(Br)ccc2OCc2ccc(F)cc2)C(=O)N1Cc1ccccc1[N+](=O)[O-]. The molecule has 0 saturated carbocycles. The number of amides is 2. The van der Waals surface area contributed by atoms with Crippen molar-refractivity contribution in [1.29, 1.82) is 0 Å². The van der Waals surface area contributed by atoms with Crippen LogP contribution in [0.2, 0.25) is 0 Å². The summed E-state index contributed by atoms with van der Waals surface area (Å²) in [5.74, 6) is -0.416. The predicted octanol–water partition coefficient (Wildman–Crippen LogP) is 6.31. The molecule has 0 radical (unpaired) electrons. The van der Waals surface area contributed by atoms with Gasteiger partial charge in [0.1, 0.15) is 18.2 Å². The van der Waals surface area contributed by atoms with Crippen LogP contribution in [0.4, 0.5) is 14.9 Å². The number of imide groups is 1. The van der Waals surface area contributed by atoms with E-state index in [2.05, 4.69) is 15.9 Å². The van der Waals surface area contributed by atoms with E-state index >= 15 is 0 Å². The maximum atomic E-state index is 13.1. The first-order valence-corrected chi connectivity index (χ1v) is 11.6. The summed E-state index contributed by atoms with van der Waals surface area (Å²) in [5.41, 5.74) is 1.43. The van der Waals surface area contributed by atoms with Crippen molar-refractivity contribution in [3.63, 3.8) is 0 Å². The number of thioether (sulfide) groups is 1. The largest absolute Gasteiger partial charge is 0.488 e. The fourth-order valence-corrected chi connectivity index (χ4v) is 4.48. The third-order valence-corrected chi connectivity index (χ3v) is 6.36. The molecular weight excluding hydrogens is 527 g/mol. The minimum atomic E-state index is -0.545. The van der Waals surface area contributed by atoms with E-state index in [-0.39, 0.29) is 35.1 Å². The molecule has 0 atom stereocenters. The molecule has 0 aliphatic carbocycles. The van der Waals surface area contributed by atoms with E-state index in [9.17, 15) is 24.1 Å². The summed E-state index contributed by atoms with van der Waals surface area (Å²) in [4.78, 5) is 37.4. The number of ether oxygens (including phenoxy) is 1. The van der Waals surface area contributed by atoms with Gasteiger partial charge >= 0.3 is 0 Å². The second kappa shape index (κ2) is 10.2. The molecule has 1 aliphatic heterocycles. The Morgan fingerprint density at radius 1 is 1.09 bits per heavy atom. The summed E-state index contributed by atoms with van der Waals surface area (Å²) in [5, 5.41) is 10.8. The maximum Gasteiger partial charge on any atom is 0.293 e. The van der Waals surface area contributed by atoms with Gasteiger partial charge in [0.15, 0.2) is 0 Å². The van der Waals surface area contributed by atoms with Gasteiger partial charge in [-0.3, -0.25) is 24.6 Å². The van der Waals surface area contributed by atoms with Crippen LogP contribution in [-0.4, -0.2) is 21.0 Å². The predicted molar refractivity (Wildman–Crippen MR) is 129 cm³/mol. The van der Waals surface area contributed by atoms with Gasteiger partial charge in [-0.05, 0) is 53.7 Å². The number of hydrogen-bond acceptors (Lipinski definition) is 6. The number of rotatable bonds is 7. The highest BCUT2D eigenvalue weighted by Gasteiger charge is 2.36. The van der Waals surface area contributed by atoms with Crippen molar-refractivity contribution in [3.05, 3.63) is 109 Å². The van der Waals surface area contributed by atoms with Crippen LogP contribution in [-0.2, 0) is 17.9 Å². The second-order valence-electron chi connectivity index (χ2n) is 7.25. The molecule has 0 aromatic heterocycles. The molecule has 1 heterocycles. The second-order valence-corrected chi connectivity index (χ2v) is 9.16. The fourth-order valence-electron chi connectivity index (χ4n) is 3.28. The Labute approximate surface area is 206 Å². The molecule has 1 fully saturated rings. The molecule has 2 amide bonds. The minimum Gasteiger partial charge on any atom is -0.488 e. The zero-order valence-electron chi connectivity index (χ0n) is 17.4. The highest BCUT2D eigenvalue weighted by molar-refractivity contribution is 9.10. The molecule has 4 rings (SSSR count). The van der Waals surface area contributed by atoms with Crippen LogP contribution >= 0.6 is 27.7 Å².